The molecule has 0 amide bonds. The highest BCUT2D eigenvalue weighted by atomic mass is 32.2. The summed E-state index contributed by atoms with van der Waals surface area (Å²) >= 11 is 1.18. The minimum Gasteiger partial charge on any atom is -0.287 e. The SMILES string of the molecule is N#CCSc1ncc(-c2ccccc2)n1-c1cccc(C(F)(F)F)c1. The van der Waals surface area contributed by atoms with Crippen LogP contribution in [0.5, 0.6) is 0 Å². The van der Waals surface area contributed by atoms with Crippen LogP contribution < -0.4 is 0 Å². The van der Waals surface area contributed by atoms with Gasteiger partial charge in [-0.3, -0.25) is 4.57 Å². The van der Waals surface area contributed by atoms with Gasteiger partial charge in [0.2, 0.25) is 0 Å². The van der Waals surface area contributed by atoms with Crippen LogP contribution in [-0.4, -0.2) is 15.3 Å². The third-order valence-electron chi connectivity index (χ3n) is 3.50. The van der Waals surface area contributed by atoms with Gasteiger partial charge in [0.25, 0.3) is 0 Å². The number of hydrogen-bond acceptors (Lipinski definition) is 3. The van der Waals surface area contributed by atoms with Gasteiger partial charge in [0.15, 0.2) is 5.16 Å². The summed E-state index contributed by atoms with van der Waals surface area (Å²) in [6.45, 7) is 0. The van der Waals surface area contributed by atoms with Crippen LogP contribution in [0.4, 0.5) is 13.2 Å². The second kappa shape index (κ2) is 7.03. The molecule has 1 heterocycles. The molecule has 0 bridgehead atoms. The van der Waals surface area contributed by atoms with Gasteiger partial charge in [-0.2, -0.15) is 18.4 Å². The number of hydrogen-bond donors (Lipinski definition) is 0. The first-order chi connectivity index (χ1) is 12.0. The van der Waals surface area contributed by atoms with Gasteiger partial charge in [0.05, 0.1) is 29.3 Å². The van der Waals surface area contributed by atoms with Crippen molar-refractivity contribution in [3.05, 3.63) is 66.4 Å². The lowest BCUT2D eigenvalue weighted by atomic mass is 10.1. The van der Waals surface area contributed by atoms with Crippen LogP contribution in [-0.2, 0) is 6.18 Å². The number of aromatic nitrogens is 2. The van der Waals surface area contributed by atoms with Crippen molar-refractivity contribution < 1.29 is 13.2 Å². The monoisotopic (exact) mass is 359 g/mol. The van der Waals surface area contributed by atoms with Crippen LogP contribution in [0.25, 0.3) is 16.9 Å². The van der Waals surface area contributed by atoms with E-state index in [9.17, 15) is 13.2 Å². The Morgan fingerprint density at radius 3 is 2.52 bits per heavy atom. The normalized spacial score (nSPS) is 11.3. The van der Waals surface area contributed by atoms with E-state index >= 15 is 0 Å². The molecular weight excluding hydrogens is 347 g/mol. The number of nitrogens with zero attached hydrogens (tertiary/aromatic N) is 3. The van der Waals surface area contributed by atoms with Crippen molar-refractivity contribution in [3.8, 4) is 23.0 Å². The largest absolute Gasteiger partial charge is 0.416 e. The Labute approximate surface area is 146 Å². The van der Waals surface area contributed by atoms with Gasteiger partial charge in [-0.15, -0.1) is 0 Å². The first kappa shape index (κ1) is 17.1. The molecule has 0 aliphatic carbocycles. The molecule has 0 atom stereocenters. The molecule has 7 heteroatoms. The Kier molecular flexibility index (Phi) is 4.81. The molecular formula is C18H12F3N3S. The molecule has 0 aliphatic heterocycles. The summed E-state index contributed by atoms with van der Waals surface area (Å²) < 4.78 is 40.8. The number of rotatable bonds is 4. The molecule has 0 radical (unpaired) electrons. The fourth-order valence-corrected chi connectivity index (χ4v) is 3.07. The predicted octanol–water partition coefficient (Wildman–Crippen LogP) is 5.17. The van der Waals surface area contributed by atoms with E-state index in [4.69, 9.17) is 5.26 Å². The third kappa shape index (κ3) is 3.69. The molecule has 0 saturated carbocycles. The number of imidazole rings is 1. The van der Waals surface area contributed by atoms with Gasteiger partial charge >= 0.3 is 6.18 Å². The average molecular weight is 359 g/mol. The summed E-state index contributed by atoms with van der Waals surface area (Å²) in [4.78, 5) is 4.29. The van der Waals surface area contributed by atoms with Gasteiger partial charge in [-0.05, 0) is 18.2 Å². The van der Waals surface area contributed by atoms with E-state index in [-0.39, 0.29) is 5.75 Å². The summed E-state index contributed by atoms with van der Waals surface area (Å²) in [7, 11) is 0. The maximum absolute atomic E-state index is 13.1. The maximum Gasteiger partial charge on any atom is 0.416 e. The Morgan fingerprint density at radius 1 is 1.08 bits per heavy atom. The van der Waals surface area contributed by atoms with Gasteiger partial charge in [-0.25, -0.2) is 4.98 Å². The van der Waals surface area contributed by atoms with Crippen LogP contribution in [0.15, 0.2) is 66.0 Å². The Balaban J connectivity index is 2.16. The molecule has 126 valence electrons. The minimum absolute atomic E-state index is 0.157. The zero-order valence-corrected chi connectivity index (χ0v) is 13.7. The number of halogens is 3. The van der Waals surface area contributed by atoms with Crippen molar-refractivity contribution in [2.24, 2.45) is 0 Å². The highest BCUT2D eigenvalue weighted by molar-refractivity contribution is 7.99. The van der Waals surface area contributed by atoms with Crippen molar-refractivity contribution in [3.63, 3.8) is 0 Å². The van der Waals surface area contributed by atoms with Crippen LogP contribution in [0.1, 0.15) is 5.56 Å². The molecule has 3 aromatic rings. The van der Waals surface area contributed by atoms with Crippen LogP contribution in [0.3, 0.4) is 0 Å². The van der Waals surface area contributed by atoms with Gasteiger partial charge in [0.1, 0.15) is 0 Å². The second-order valence-electron chi connectivity index (χ2n) is 5.12. The number of thioether (sulfide) groups is 1. The van der Waals surface area contributed by atoms with Crippen molar-refractivity contribution in [1.82, 2.24) is 9.55 Å². The van der Waals surface area contributed by atoms with E-state index in [0.29, 0.717) is 16.5 Å². The second-order valence-corrected chi connectivity index (χ2v) is 6.06. The van der Waals surface area contributed by atoms with Gasteiger partial charge in [-0.1, -0.05) is 48.2 Å². The fourth-order valence-electron chi connectivity index (χ4n) is 2.42. The topological polar surface area (TPSA) is 41.6 Å². The van der Waals surface area contributed by atoms with E-state index in [1.807, 2.05) is 36.4 Å². The first-order valence-corrected chi connectivity index (χ1v) is 8.30. The van der Waals surface area contributed by atoms with E-state index in [1.54, 1.807) is 16.8 Å². The Morgan fingerprint density at radius 2 is 1.84 bits per heavy atom. The maximum atomic E-state index is 13.1. The van der Waals surface area contributed by atoms with Crippen LogP contribution in [0, 0.1) is 11.3 Å². The lowest BCUT2D eigenvalue weighted by molar-refractivity contribution is -0.137. The summed E-state index contributed by atoms with van der Waals surface area (Å²) in [6, 6.07) is 16.4. The molecule has 0 spiro atoms. The standard InChI is InChI=1S/C18H12F3N3S/c19-18(20,21)14-7-4-8-15(11-14)24-16(13-5-2-1-3-6-13)12-23-17(24)25-10-9-22/h1-8,11-12H,10H2. The zero-order chi connectivity index (χ0) is 17.9. The van der Waals surface area contributed by atoms with Crippen LogP contribution in [0.2, 0.25) is 0 Å². The Bertz CT molecular complexity index is 911. The molecule has 3 nitrogen and oxygen atoms in total. The van der Waals surface area contributed by atoms with Crippen LogP contribution >= 0.6 is 11.8 Å². The van der Waals surface area contributed by atoms with Gasteiger partial charge < -0.3 is 0 Å². The molecule has 25 heavy (non-hydrogen) atoms. The molecule has 3 rings (SSSR count). The minimum atomic E-state index is -4.43. The van der Waals surface area contributed by atoms with Crippen molar-refractivity contribution in [1.29, 1.82) is 5.26 Å². The van der Waals surface area contributed by atoms with Crippen molar-refractivity contribution >= 4 is 11.8 Å². The van der Waals surface area contributed by atoms with Crippen molar-refractivity contribution in [2.45, 2.75) is 11.3 Å². The molecule has 0 aliphatic rings. The van der Waals surface area contributed by atoms with Crippen molar-refractivity contribution in [2.75, 3.05) is 5.75 Å². The van der Waals surface area contributed by atoms with E-state index in [0.717, 1.165) is 17.7 Å². The van der Waals surface area contributed by atoms with E-state index < -0.39 is 11.7 Å². The predicted molar refractivity (Wildman–Crippen MR) is 90.3 cm³/mol. The lowest BCUT2D eigenvalue weighted by Crippen LogP contribution is -2.07. The highest BCUT2D eigenvalue weighted by Gasteiger charge is 2.31. The fraction of sp³-hybridized carbons (Fsp3) is 0.111. The summed E-state index contributed by atoms with van der Waals surface area (Å²) in [6.07, 6.45) is -2.82. The molecule has 2 aromatic carbocycles. The lowest BCUT2D eigenvalue weighted by Gasteiger charge is -2.14. The first-order valence-electron chi connectivity index (χ1n) is 7.31. The molecule has 0 unspecified atom stereocenters. The number of alkyl halides is 3. The Hall–Kier alpha value is -2.72. The highest BCUT2D eigenvalue weighted by Crippen LogP contribution is 2.34. The molecule has 0 N–H and O–H groups in total. The molecule has 1 aromatic heterocycles. The summed E-state index contributed by atoms with van der Waals surface area (Å²) in [5, 5.41) is 9.28. The summed E-state index contributed by atoms with van der Waals surface area (Å²) in [5.41, 5.74) is 1.12. The number of benzene rings is 2. The van der Waals surface area contributed by atoms with Gasteiger partial charge in [0, 0.05) is 11.3 Å². The third-order valence-corrected chi connectivity index (χ3v) is 4.32. The quantitative estimate of drug-likeness (QED) is 0.603. The summed E-state index contributed by atoms with van der Waals surface area (Å²) in [5.74, 6) is 0.157. The number of nitriles is 1. The van der Waals surface area contributed by atoms with E-state index in [1.165, 1.54) is 17.8 Å². The molecule has 0 saturated heterocycles. The molecule has 0 fully saturated rings. The average Bonchev–Trinajstić information content (AvgIpc) is 3.04. The zero-order valence-electron chi connectivity index (χ0n) is 12.9. The van der Waals surface area contributed by atoms with E-state index in [2.05, 4.69) is 4.98 Å². The smallest absolute Gasteiger partial charge is 0.287 e.